The van der Waals surface area contributed by atoms with Gasteiger partial charge in [-0.15, -0.1) is 11.6 Å². The first-order chi connectivity index (χ1) is 4.16. The lowest BCUT2D eigenvalue weighted by Crippen LogP contribution is -2.10. The van der Waals surface area contributed by atoms with Crippen LogP contribution in [0.25, 0.3) is 0 Å². The third kappa shape index (κ3) is 5.59. The quantitative estimate of drug-likeness (QED) is 0.576. The van der Waals surface area contributed by atoms with E-state index in [0.29, 0.717) is 0 Å². The molecule has 1 atom stereocenters. The summed E-state index contributed by atoms with van der Waals surface area (Å²) in [7, 11) is 0. The number of carboxylic acid groups (broad SMARTS) is 1. The molecule has 1 unspecified atom stereocenters. The minimum atomic E-state index is -0.904. The zero-order valence-corrected chi connectivity index (χ0v) is 5.64. The average Bonchev–Trinajstić information content (AvgIpc) is 1.83. The van der Waals surface area contributed by atoms with Crippen LogP contribution in [0, 0.1) is 0 Å². The number of halogens is 1. The van der Waals surface area contributed by atoms with Crippen LogP contribution in [0.2, 0.25) is 0 Å². The van der Waals surface area contributed by atoms with Gasteiger partial charge in [-0.1, -0.05) is 0 Å². The molecule has 0 fully saturated rings. The first-order valence-electron chi connectivity index (χ1n) is 2.62. The van der Waals surface area contributed by atoms with Crippen molar-refractivity contribution in [2.75, 3.05) is 5.88 Å². The summed E-state index contributed by atoms with van der Waals surface area (Å²) in [5.74, 6) is -0.799. The smallest absolute Gasteiger partial charge is 0.303 e. The molecule has 54 valence electrons. The van der Waals surface area contributed by atoms with Gasteiger partial charge >= 0.3 is 5.97 Å². The second-order valence-corrected chi connectivity index (χ2v) is 2.05. The number of aliphatic carboxylic acids is 1. The number of hydrogen-bond acceptors (Lipinski definition) is 2. The fourth-order valence-corrected chi connectivity index (χ4v) is 0.522. The van der Waals surface area contributed by atoms with Gasteiger partial charge in [-0.3, -0.25) is 4.79 Å². The van der Waals surface area contributed by atoms with Crippen LogP contribution in [0.1, 0.15) is 12.8 Å². The lowest BCUT2D eigenvalue weighted by Gasteiger charge is -2.01. The van der Waals surface area contributed by atoms with Crippen molar-refractivity contribution in [3.63, 3.8) is 0 Å². The summed E-state index contributed by atoms with van der Waals surface area (Å²) in [6.07, 6.45) is -0.463. The van der Waals surface area contributed by atoms with E-state index in [1.54, 1.807) is 0 Å². The lowest BCUT2D eigenvalue weighted by molar-refractivity contribution is -0.137. The highest BCUT2D eigenvalue weighted by atomic mass is 35.5. The molecule has 0 aliphatic carbocycles. The Morgan fingerprint density at radius 1 is 1.67 bits per heavy atom. The van der Waals surface area contributed by atoms with Crippen molar-refractivity contribution in [2.24, 2.45) is 0 Å². The summed E-state index contributed by atoms with van der Waals surface area (Å²) >= 11 is 5.19. The maximum absolute atomic E-state index is 9.87. The standard InChI is InChI=1S/C5H9ClO3/c6-3-4(7)1-2-5(8)9/h4,7H,1-3H2,(H,8,9). The van der Waals surface area contributed by atoms with Gasteiger partial charge in [-0.25, -0.2) is 0 Å². The van der Waals surface area contributed by atoms with Gasteiger partial charge in [0.15, 0.2) is 0 Å². The van der Waals surface area contributed by atoms with Gasteiger partial charge < -0.3 is 10.2 Å². The van der Waals surface area contributed by atoms with E-state index in [4.69, 9.17) is 21.8 Å². The number of aliphatic hydroxyl groups is 1. The molecular weight excluding hydrogens is 144 g/mol. The number of rotatable bonds is 4. The van der Waals surface area contributed by atoms with E-state index >= 15 is 0 Å². The third-order valence-electron chi connectivity index (χ3n) is 0.870. The topological polar surface area (TPSA) is 57.5 Å². The summed E-state index contributed by atoms with van der Waals surface area (Å²) in [4.78, 5) is 9.87. The van der Waals surface area contributed by atoms with Gasteiger partial charge in [-0.2, -0.15) is 0 Å². The van der Waals surface area contributed by atoms with E-state index < -0.39 is 12.1 Å². The van der Waals surface area contributed by atoms with Gasteiger partial charge in [0.05, 0.1) is 6.10 Å². The van der Waals surface area contributed by atoms with Gasteiger partial charge in [0, 0.05) is 12.3 Å². The lowest BCUT2D eigenvalue weighted by atomic mass is 10.2. The van der Waals surface area contributed by atoms with E-state index in [1.165, 1.54) is 0 Å². The molecule has 0 spiro atoms. The van der Waals surface area contributed by atoms with Crippen LogP contribution in [0.4, 0.5) is 0 Å². The van der Waals surface area contributed by atoms with Gasteiger partial charge in [0.25, 0.3) is 0 Å². The Balaban J connectivity index is 3.16. The van der Waals surface area contributed by atoms with Crippen LogP contribution in [0.3, 0.4) is 0 Å². The predicted octanol–water partition coefficient (Wildman–Crippen LogP) is 0.451. The number of aliphatic hydroxyl groups excluding tert-OH is 1. The molecule has 0 saturated carbocycles. The van der Waals surface area contributed by atoms with Gasteiger partial charge in [-0.05, 0) is 6.42 Å². The summed E-state index contributed by atoms with van der Waals surface area (Å²) in [5.41, 5.74) is 0. The van der Waals surface area contributed by atoms with Crippen molar-refractivity contribution < 1.29 is 15.0 Å². The zero-order chi connectivity index (χ0) is 7.28. The first-order valence-corrected chi connectivity index (χ1v) is 3.16. The summed E-state index contributed by atoms with van der Waals surface area (Å²) in [6, 6.07) is 0. The minimum absolute atomic E-state index is 0.0200. The molecule has 0 amide bonds. The fraction of sp³-hybridized carbons (Fsp3) is 0.800. The maximum Gasteiger partial charge on any atom is 0.303 e. The van der Waals surface area contributed by atoms with E-state index in [-0.39, 0.29) is 18.7 Å². The molecule has 0 saturated heterocycles. The van der Waals surface area contributed by atoms with E-state index in [0.717, 1.165) is 0 Å². The zero-order valence-electron chi connectivity index (χ0n) is 4.88. The minimum Gasteiger partial charge on any atom is -0.481 e. The Labute approximate surface area is 58.3 Å². The Morgan fingerprint density at radius 3 is 2.56 bits per heavy atom. The SMILES string of the molecule is O=C(O)CCC(O)CCl. The van der Waals surface area contributed by atoms with Gasteiger partial charge in [0.2, 0.25) is 0 Å². The molecule has 2 N–H and O–H groups in total. The predicted molar refractivity (Wildman–Crippen MR) is 33.6 cm³/mol. The highest BCUT2D eigenvalue weighted by molar-refractivity contribution is 6.18. The van der Waals surface area contributed by atoms with Crippen molar-refractivity contribution in [3.05, 3.63) is 0 Å². The number of alkyl halides is 1. The molecule has 9 heavy (non-hydrogen) atoms. The number of carboxylic acids is 1. The largest absolute Gasteiger partial charge is 0.481 e. The average molecular weight is 153 g/mol. The van der Waals surface area contributed by atoms with Crippen molar-refractivity contribution in [1.29, 1.82) is 0 Å². The Hall–Kier alpha value is -0.280. The number of carbonyl (C=O) groups is 1. The first kappa shape index (κ1) is 8.72. The molecule has 0 aliphatic heterocycles. The second-order valence-electron chi connectivity index (χ2n) is 1.74. The van der Waals surface area contributed by atoms with Crippen molar-refractivity contribution in [2.45, 2.75) is 18.9 Å². The molecule has 0 bridgehead atoms. The van der Waals surface area contributed by atoms with Gasteiger partial charge in [0.1, 0.15) is 0 Å². The highest BCUT2D eigenvalue weighted by Gasteiger charge is 2.04. The molecule has 0 aromatic heterocycles. The summed E-state index contributed by atoms with van der Waals surface area (Å²) in [6.45, 7) is 0. The molecule has 0 aliphatic rings. The van der Waals surface area contributed by atoms with Crippen molar-refractivity contribution in [1.82, 2.24) is 0 Å². The Kier molecular flexibility index (Phi) is 4.44. The van der Waals surface area contributed by atoms with Crippen LogP contribution in [0.5, 0.6) is 0 Å². The molecule has 3 nitrogen and oxygen atoms in total. The van der Waals surface area contributed by atoms with Crippen LogP contribution < -0.4 is 0 Å². The van der Waals surface area contributed by atoms with E-state index in [1.807, 2.05) is 0 Å². The molecule has 0 radical (unpaired) electrons. The van der Waals surface area contributed by atoms with Crippen molar-refractivity contribution in [3.8, 4) is 0 Å². The summed E-state index contributed by atoms with van der Waals surface area (Å²) < 4.78 is 0. The normalized spacial score (nSPS) is 13.1. The Morgan fingerprint density at radius 2 is 2.22 bits per heavy atom. The molecule has 0 aromatic rings. The monoisotopic (exact) mass is 152 g/mol. The highest BCUT2D eigenvalue weighted by Crippen LogP contribution is 1.97. The van der Waals surface area contributed by atoms with Crippen LogP contribution in [0.15, 0.2) is 0 Å². The van der Waals surface area contributed by atoms with Crippen molar-refractivity contribution >= 4 is 17.6 Å². The fourth-order valence-electron chi connectivity index (χ4n) is 0.367. The van der Waals surface area contributed by atoms with E-state index in [9.17, 15) is 4.79 Å². The molecule has 0 heterocycles. The van der Waals surface area contributed by atoms with Crippen LogP contribution >= 0.6 is 11.6 Å². The summed E-state index contributed by atoms with van der Waals surface area (Å²) in [5, 5.41) is 16.8. The second kappa shape index (κ2) is 4.58. The third-order valence-corrected chi connectivity index (χ3v) is 1.23. The Bertz CT molecular complexity index is 94.2. The maximum atomic E-state index is 9.87. The molecule has 0 aromatic carbocycles. The molecule has 4 heteroatoms. The molecule has 0 rings (SSSR count). The van der Waals surface area contributed by atoms with Crippen LogP contribution in [-0.2, 0) is 4.79 Å². The van der Waals surface area contributed by atoms with Crippen LogP contribution in [-0.4, -0.2) is 28.2 Å². The molecular formula is C5H9ClO3. The number of hydrogen-bond donors (Lipinski definition) is 2. The van der Waals surface area contributed by atoms with E-state index in [2.05, 4.69) is 0 Å².